The van der Waals surface area contributed by atoms with Gasteiger partial charge in [-0.2, -0.15) is 0 Å². The first-order chi connectivity index (χ1) is 11.9. The van der Waals surface area contributed by atoms with Crippen molar-refractivity contribution in [3.8, 4) is 0 Å². The number of nitrogens with zero attached hydrogens (tertiary/aromatic N) is 4. The number of carbonyl (C=O) groups is 1. The Kier molecular flexibility index (Phi) is 5.74. The molecule has 0 aromatic carbocycles. The third kappa shape index (κ3) is 4.39. The normalized spacial score (nSPS) is 20.3. The van der Waals surface area contributed by atoms with Gasteiger partial charge in [-0.15, -0.1) is 0 Å². The molecule has 3 rings (SSSR count). The Morgan fingerprint density at radius 3 is 2.48 bits per heavy atom. The summed E-state index contributed by atoms with van der Waals surface area (Å²) in [5.41, 5.74) is 1.65. The first-order valence-corrected chi connectivity index (χ1v) is 9.60. The zero-order chi connectivity index (χ0) is 18.0. The van der Waals surface area contributed by atoms with Gasteiger partial charge in [-0.1, -0.05) is 13.8 Å². The van der Waals surface area contributed by atoms with Gasteiger partial charge in [0.25, 0.3) is 5.91 Å². The average molecular weight is 345 g/mol. The number of hydrogen-bond donors (Lipinski definition) is 0. The highest BCUT2D eigenvalue weighted by Gasteiger charge is 2.38. The zero-order valence-electron chi connectivity index (χ0n) is 16.1. The van der Waals surface area contributed by atoms with E-state index in [1.54, 1.807) is 6.20 Å². The maximum atomic E-state index is 12.6. The van der Waals surface area contributed by atoms with E-state index >= 15 is 0 Å². The van der Waals surface area contributed by atoms with E-state index < -0.39 is 0 Å². The zero-order valence-corrected chi connectivity index (χ0v) is 16.1. The summed E-state index contributed by atoms with van der Waals surface area (Å²) in [4.78, 5) is 23.9. The molecule has 0 spiro atoms. The van der Waals surface area contributed by atoms with E-state index in [0.29, 0.717) is 23.6 Å². The van der Waals surface area contributed by atoms with Crippen molar-refractivity contribution in [1.29, 1.82) is 0 Å². The number of likely N-dealkylation sites (tertiary alicyclic amines) is 2. The number of aromatic nitrogens is 1. The van der Waals surface area contributed by atoms with Crippen LogP contribution >= 0.6 is 0 Å². The quantitative estimate of drug-likeness (QED) is 0.821. The minimum atomic E-state index is 0.122. The predicted molar refractivity (Wildman–Crippen MR) is 101 cm³/mol. The molecule has 0 atom stereocenters. The molecular formula is C20H32N4O. The molecule has 0 saturated carbocycles. The average Bonchev–Trinajstić information content (AvgIpc) is 2.53. The summed E-state index contributed by atoms with van der Waals surface area (Å²) in [5, 5.41) is 0. The van der Waals surface area contributed by atoms with Gasteiger partial charge in [-0.3, -0.25) is 14.7 Å². The third-order valence-corrected chi connectivity index (χ3v) is 5.51. The number of pyridine rings is 1. The van der Waals surface area contributed by atoms with Gasteiger partial charge >= 0.3 is 0 Å². The smallest absolute Gasteiger partial charge is 0.255 e. The van der Waals surface area contributed by atoms with Gasteiger partial charge in [0.15, 0.2) is 0 Å². The second-order valence-corrected chi connectivity index (χ2v) is 8.18. The van der Waals surface area contributed by atoms with Crippen molar-refractivity contribution in [3.63, 3.8) is 0 Å². The predicted octanol–water partition coefficient (Wildman–Crippen LogP) is 2.27. The Morgan fingerprint density at radius 1 is 1.24 bits per heavy atom. The molecular weight excluding hydrogens is 312 g/mol. The molecule has 0 unspecified atom stereocenters. The Bertz CT molecular complexity index is 572. The summed E-state index contributed by atoms with van der Waals surface area (Å²) >= 11 is 0. The molecule has 25 heavy (non-hydrogen) atoms. The van der Waals surface area contributed by atoms with Crippen LogP contribution in [0.25, 0.3) is 0 Å². The molecule has 0 N–H and O–H groups in total. The summed E-state index contributed by atoms with van der Waals surface area (Å²) in [7, 11) is 2.21. The van der Waals surface area contributed by atoms with Crippen molar-refractivity contribution in [1.82, 2.24) is 19.7 Å². The maximum Gasteiger partial charge on any atom is 0.255 e. The number of piperidine rings is 1. The highest BCUT2D eigenvalue weighted by atomic mass is 16.2. The molecule has 2 fully saturated rings. The number of carbonyl (C=O) groups excluding carboxylic acids is 1. The lowest BCUT2D eigenvalue weighted by molar-refractivity contribution is -0.00802. The fourth-order valence-electron chi connectivity index (χ4n) is 3.95. The second kappa shape index (κ2) is 7.83. The fraction of sp³-hybridized carbons (Fsp3) is 0.700. The largest absolute Gasteiger partial charge is 0.335 e. The molecule has 2 aliphatic heterocycles. The summed E-state index contributed by atoms with van der Waals surface area (Å²) in [6.07, 6.45) is 4.19. The Hall–Kier alpha value is -1.46. The lowest BCUT2D eigenvalue weighted by Gasteiger charge is -2.50. The Labute approximate surface area is 152 Å². The molecule has 0 radical (unpaired) electrons. The van der Waals surface area contributed by atoms with Gasteiger partial charge in [0.1, 0.15) is 0 Å². The van der Waals surface area contributed by atoms with Crippen LogP contribution in [0.2, 0.25) is 0 Å². The maximum absolute atomic E-state index is 12.6. The second-order valence-electron chi connectivity index (χ2n) is 8.18. The minimum Gasteiger partial charge on any atom is -0.335 e. The molecule has 5 heteroatoms. The third-order valence-electron chi connectivity index (χ3n) is 5.51. The topological polar surface area (TPSA) is 39.7 Å². The van der Waals surface area contributed by atoms with E-state index in [4.69, 9.17) is 0 Å². The van der Waals surface area contributed by atoms with Crippen molar-refractivity contribution in [2.24, 2.45) is 5.92 Å². The van der Waals surface area contributed by atoms with Crippen molar-refractivity contribution < 1.29 is 4.79 Å². The first-order valence-electron chi connectivity index (χ1n) is 9.60. The SMILES string of the molecule is Cc1ccc(C(=O)N2CC(N(CC(C)C)C3CCN(C)CC3)C2)cn1. The highest BCUT2D eigenvalue weighted by Crippen LogP contribution is 2.25. The molecule has 2 saturated heterocycles. The van der Waals surface area contributed by atoms with Gasteiger partial charge in [0.05, 0.1) is 5.56 Å². The van der Waals surface area contributed by atoms with Crippen molar-refractivity contribution >= 4 is 5.91 Å². The molecule has 5 nitrogen and oxygen atoms in total. The molecule has 138 valence electrons. The van der Waals surface area contributed by atoms with E-state index in [-0.39, 0.29) is 5.91 Å². The van der Waals surface area contributed by atoms with E-state index in [9.17, 15) is 4.79 Å². The fourth-order valence-corrected chi connectivity index (χ4v) is 3.95. The van der Waals surface area contributed by atoms with Crippen LogP contribution in [0.5, 0.6) is 0 Å². The lowest BCUT2D eigenvalue weighted by Crippen LogP contribution is -2.64. The van der Waals surface area contributed by atoms with Crippen molar-refractivity contribution in [3.05, 3.63) is 29.6 Å². The molecule has 0 aliphatic carbocycles. The van der Waals surface area contributed by atoms with Crippen LogP contribution in [0.4, 0.5) is 0 Å². The summed E-state index contributed by atoms with van der Waals surface area (Å²) in [6.45, 7) is 11.7. The van der Waals surface area contributed by atoms with Gasteiger partial charge in [-0.25, -0.2) is 0 Å². The molecule has 2 aliphatic rings. The standard InChI is InChI=1S/C20H32N4O/c1-15(2)12-24(18-7-9-22(4)10-8-18)19-13-23(14-19)20(25)17-6-5-16(3)21-11-17/h5-6,11,15,18-19H,7-10,12-14H2,1-4H3. The summed E-state index contributed by atoms with van der Waals surface area (Å²) in [6, 6.07) is 4.98. The first kappa shape index (κ1) is 18.3. The van der Waals surface area contributed by atoms with Crippen LogP contribution in [0.1, 0.15) is 42.7 Å². The highest BCUT2D eigenvalue weighted by molar-refractivity contribution is 5.94. The van der Waals surface area contributed by atoms with E-state index in [1.165, 1.54) is 25.9 Å². The van der Waals surface area contributed by atoms with Crippen LogP contribution in [-0.2, 0) is 0 Å². The van der Waals surface area contributed by atoms with Gasteiger partial charge in [0.2, 0.25) is 0 Å². The number of amides is 1. The number of aryl methyl sites for hydroxylation is 1. The van der Waals surface area contributed by atoms with Gasteiger partial charge in [0, 0.05) is 43.6 Å². The van der Waals surface area contributed by atoms with Crippen LogP contribution in [0.3, 0.4) is 0 Å². The molecule has 1 aromatic rings. The summed E-state index contributed by atoms with van der Waals surface area (Å²) in [5.74, 6) is 0.780. The van der Waals surface area contributed by atoms with E-state index in [2.05, 4.69) is 35.7 Å². The van der Waals surface area contributed by atoms with Crippen LogP contribution < -0.4 is 0 Å². The molecule has 1 aromatic heterocycles. The number of hydrogen-bond acceptors (Lipinski definition) is 4. The number of rotatable bonds is 5. The van der Waals surface area contributed by atoms with E-state index in [0.717, 1.165) is 25.3 Å². The molecule has 0 bridgehead atoms. The van der Waals surface area contributed by atoms with Crippen LogP contribution in [0, 0.1) is 12.8 Å². The van der Waals surface area contributed by atoms with Gasteiger partial charge in [-0.05, 0) is 58.0 Å². The van der Waals surface area contributed by atoms with Crippen molar-refractivity contribution in [2.75, 3.05) is 39.8 Å². The molecule has 3 heterocycles. The van der Waals surface area contributed by atoms with E-state index in [1.807, 2.05) is 24.0 Å². The molecule has 1 amide bonds. The van der Waals surface area contributed by atoms with Crippen molar-refractivity contribution in [2.45, 2.75) is 45.7 Å². The van der Waals surface area contributed by atoms with Crippen LogP contribution in [-0.4, -0.2) is 77.4 Å². The monoisotopic (exact) mass is 344 g/mol. The minimum absolute atomic E-state index is 0.122. The summed E-state index contributed by atoms with van der Waals surface area (Å²) < 4.78 is 0. The Balaban J connectivity index is 1.59. The Morgan fingerprint density at radius 2 is 1.92 bits per heavy atom. The van der Waals surface area contributed by atoms with Gasteiger partial charge < -0.3 is 9.80 Å². The lowest BCUT2D eigenvalue weighted by atomic mass is 9.96. The van der Waals surface area contributed by atoms with Crippen LogP contribution in [0.15, 0.2) is 18.3 Å².